The van der Waals surface area contributed by atoms with Crippen LogP contribution in [0.15, 0.2) is 18.2 Å². The summed E-state index contributed by atoms with van der Waals surface area (Å²) in [4.78, 5) is 0. The zero-order valence-electron chi connectivity index (χ0n) is 13.1. The molecule has 106 valence electrons. The highest BCUT2D eigenvalue weighted by molar-refractivity contribution is 5.35. The molecule has 2 rings (SSSR count). The molecule has 0 saturated carbocycles. The third-order valence-corrected chi connectivity index (χ3v) is 4.20. The minimum Gasteiger partial charge on any atom is -0.310 e. The Bertz CT molecular complexity index is 414. The van der Waals surface area contributed by atoms with E-state index in [0.29, 0.717) is 11.5 Å². The van der Waals surface area contributed by atoms with Gasteiger partial charge in [-0.2, -0.15) is 0 Å². The molecule has 1 N–H and O–H groups in total. The zero-order chi connectivity index (χ0) is 13.9. The van der Waals surface area contributed by atoms with Crippen molar-refractivity contribution in [2.24, 2.45) is 5.41 Å². The summed E-state index contributed by atoms with van der Waals surface area (Å²) in [5.74, 6) is 0. The summed E-state index contributed by atoms with van der Waals surface area (Å²) in [5.41, 5.74) is 5.04. The Labute approximate surface area is 118 Å². The van der Waals surface area contributed by atoms with Crippen LogP contribution in [0.2, 0.25) is 0 Å². The number of rotatable bonds is 4. The van der Waals surface area contributed by atoms with Gasteiger partial charge in [0, 0.05) is 6.04 Å². The van der Waals surface area contributed by atoms with E-state index in [9.17, 15) is 0 Å². The summed E-state index contributed by atoms with van der Waals surface area (Å²) >= 11 is 0. The Morgan fingerprint density at radius 3 is 2.47 bits per heavy atom. The quantitative estimate of drug-likeness (QED) is 0.829. The fourth-order valence-corrected chi connectivity index (χ4v) is 2.80. The van der Waals surface area contributed by atoms with Crippen molar-refractivity contribution in [3.8, 4) is 0 Å². The normalized spacial score (nSPS) is 17.1. The summed E-state index contributed by atoms with van der Waals surface area (Å²) in [5, 5.41) is 3.66. The Balaban J connectivity index is 1.94. The molecule has 0 amide bonds. The van der Waals surface area contributed by atoms with E-state index in [1.54, 1.807) is 11.1 Å². The van der Waals surface area contributed by atoms with E-state index in [1.807, 2.05) is 0 Å². The second-order valence-electron chi connectivity index (χ2n) is 7.22. The minimum absolute atomic E-state index is 0.419. The van der Waals surface area contributed by atoms with E-state index in [4.69, 9.17) is 0 Å². The number of fused-ring (bicyclic) bond motifs is 1. The van der Waals surface area contributed by atoms with E-state index >= 15 is 0 Å². The van der Waals surface area contributed by atoms with Gasteiger partial charge >= 0.3 is 0 Å². The van der Waals surface area contributed by atoms with Crippen LogP contribution in [0.4, 0.5) is 0 Å². The van der Waals surface area contributed by atoms with Crippen LogP contribution in [0.3, 0.4) is 0 Å². The van der Waals surface area contributed by atoms with E-state index in [0.717, 1.165) is 6.54 Å². The van der Waals surface area contributed by atoms with E-state index in [-0.39, 0.29) is 0 Å². The fourth-order valence-electron chi connectivity index (χ4n) is 2.80. The van der Waals surface area contributed by atoms with Gasteiger partial charge in [-0.05, 0) is 67.7 Å². The molecule has 1 aromatic carbocycles. The topological polar surface area (TPSA) is 12.0 Å². The first-order chi connectivity index (χ1) is 8.96. The Kier molecular flexibility index (Phi) is 4.67. The molecule has 1 aromatic rings. The number of aryl methyl sites for hydroxylation is 2. The van der Waals surface area contributed by atoms with Crippen molar-refractivity contribution in [1.29, 1.82) is 0 Å². The van der Waals surface area contributed by atoms with E-state index < -0.39 is 0 Å². The summed E-state index contributed by atoms with van der Waals surface area (Å²) in [6.07, 6.45) is 6.51. The number of nitrogens with one attached hydrogen (secondary N) is 1. The molecular formula is C18H29N. The van der Waals surface area contributed by atoms with Gasteiger partial charge in [0.05, 0.1) is 0 Å². The van der Waals surface area contributed by atoms with Crippen molar-refractivity contribution in [3.63, 3.8) is 0 Å². The third kappa shape index (κ3) is 4.35. The maximum atomic E-state index is 3.66. The van der Waals surface area contributed by atoms with E-state index in [1.165, 1.54) is 37.7 Å². The van der Waals surface area contributed by atoms with Gasteiger partial charge < -0.3 is 5.32 Å². The fraction of sp³-hybridized carbons (Fsp3) is 0.667. The van der Waals surface area contributed by atoms with E-state index in [2.05, 4.69) is 51.2 Å². The van der Waals surface area contributed by atoms with Crippen molar-refractivity contribution >= 4 is 0 Å². The Hall–Kier alpha value is -0.820. The van der Waals surface area contributed by atoms with Crippen molar-refractivity contribution in [2.45, 2.75) is 65.8 Å². The van der Waals surface area contributed by atoms with Crippen LogP contribution < -0.4 is 5.32 Å². The highest BCUT2D eigenvalue weighted by Gasteiger charge is 2.13. The standard InChI is InChI=1S/C18H29N/c1-14(19-12-11-18(2,3)4)16-10-9-15-7-5-6-8-17(15)13-16/h9-10,13-14,19H,5-8,11-12H2,1-4H3. The van der Waals surface area contributed by atoms with Gasteiger partial charge in [-0.15, -0.1) is 0 Å². The first-order valence-corrected chi connectivity index (χ1v) is 7.81. The van der Waals surface area contributed by atoms with Crippen LogP contribution in [-0.2, 0) is 12.8 Å². The van der Waals surface area contributed by atoms with Crippen molar-refractivity contribution in [2.75, 3.05) is 6.54 Å². The van der Waals surface area contributed by atoms with Gasteiger partial charge in [0.25, 0.3) is 0 Å². The van der Waals surface area contributed by atoms with Crippen LogP contribution in [0.5, 0.6) is 0 Å². The number of hydrogen-bond acceptors (Lipinski definition) is 1. The summed E-state index contributed by atoms with van der Waals surface area (Å²) < 4.78 is 0. The Morgan fingerprint density at radius 2 is 1.79 bits per heavy atom. The maximum absolute atomic E-state index is 3.66. The van der Waals surface area contributed by atoms with Crippen molar-refractivity contribution in [1.82, 2.24) is 5.32 Å². The summed E-state index contributed by atoms with van der Waals surface area (Å²) in [7, 11) is 0. The molecule has 0 saturated heterocycles. The molecule has 0 bridgehead atoms. The van der Waals surface area contributed by atoms with Crippen LogP contribution >= 0.6 is 0 Å². The van der Waals surface area contributed by atoms with Crippen LogP contribution in [0.25, 0.3) is 0 Å². The van der Waals surface area contributed by atoms with Gasteiger partial charge in [0.2, 0.25) is 0 Å². The predicted octanol–water partition coefficient (Wildman–Crippen LogP) is 4.65. The Morgan fingerprint density at radius 1 is 1.11 bits per heavy atom. The largest absolute Gasteiger partial charge is 0.310 e. The molecule has 1 unspecified atom stereocenters. The average Bonchev–Trinajstić information content (AvgIpc) is 2.36. The lowest BCUT2D eigenvalue weighted by atomic mass is 9.89. The van der Waals surface area contributed by atoms with Gasteiger partial charge in [-0.25, -0.2) is 0 Å². The second kappa shape index (κ2) is 6.09. The first kappa shape index (κ1) is 14.6. The first-order valence-electron chi connectivity index (χ1n) is 7.81. The van der Waals surface area contributed by atoms with Crippen LogP contribution in [-0.4, -0.2) is 6.54 Å². The molecule has 0 aromatic heterocycles. The van der Waals surface area contributed by atoms with Crippen LogP contribution in [0, 0.1) is 5.41 Å². The van der Waals surface area contributed by atoms with Crippen LogP contribution in [0.1, 0.15) is 69.7 Å². The minimum atomic E-state index is 0.419. The van der Waals surface area contributed by atoms with Crippen molar-refractivity contribution < 1.29 is 0 Å². The van der Waals surface area contributed by atoms with Gasteiger partial charge in [-0.3, -0.25) is 0 Å². The predicted molar refractivity (Wildman–Crippen MR) is 83.6 cm³/mol. The second-order valence-corrected chi connectivity index (χ2v) is 7.22. The monoisotopic (exact) mass is 259 g/mol. The lowest BCUT2D eigenvalue weighted by Crippen LogP contribution is -2.23. The highest BCUT2D eigenvalue weighted by Crippen LogP contribution is 2.25. The average molecular weight is 259 g/mol. The molecular weight excluding hydrogens is 230 g/mol. The molecule has 1 nitrogen and oxygen atoms in total. The molecule has 1 aliphatic rings. The summed E-state index contributed by atoms with van der Waals surface area (Å²) in [6.45, 7) is 10.3. The number of benzene rings is 1. The lowest BCUT2D eigenvalue weighted by Gasteiger charge is -2.22. The molecule has 0 heterocycles. The molecule has 0 aliphatic heterocycles. The molecule has 0 spiro atoms. The zero-order valence-corrected chi connectivity index (χ0v) is 13.1. The molecule has 1 heteroatoms. The van der Waals surface area contributed by atoms with Gasteiger partial charge in [0.15, 0.2) is 0 Å². The lowest BCUT2D eigenvalue weighted by molar-refractivity contribution is 0.358. The highest BCUT2D eigenvalue weighted by atomic mass is 14.9. The van der Waals surface area contributed by atoms with Gasteiger partial charge in [-0.1, -0.05) is 39.0 Å². The SMILES string of the molecule is CC(NCCC(C)(C)C)c1ccc2c(c1)CCCC2. The van der Waals surface area contributed by atoms with Gasteiger partial charge in [0.1, 0.15) is 0 Å². The molecule has 0 fully saturated rings. The smallest absolute Gasteiger partial charge is 0.0291 e. The summed E-state index contributed by atoms with van der Waals surface area (Å²) in [6, 6.07) is 7.57. The maximum Gasteiger partial charge on any atom is 0.0291 e. The number of hydrogen-bond donors (Lipinski definition) is 1. The molecule has 0 radical (unpaired) electrons. The molecule has 1 atom stereocenters. The molecule has 19 heavy (non-hydrogen) atoms. The third-order valence-electron chi connectivity index (χ3n) is 4.20. The molecule has 1 aliphatic carbocycles. The van der Waals surface area contributed by atoms with Crippen molar-refractivity contribution in [3.05, 3.63) is 34.9 Å².